The number of cyclic esters (lactones) is 1. The Morgan fingerprint density at radius 1 is 1.13 bits per heavy atom. The summed E-state index contributed by atoms with van der Waals surface area (Å²) in [7, 11) is 0. The molecule has 0 fully saturated rings. The van der Waals surface area contributed by atoms with Crippen molar-refractivity contribution in [3.05, 3.63) is 68.4 Å². The van der Waals surface area contributed by atoms with Crippen LogP contribution < -0.4 is 9.47 Å². The molecule has 11 heteroatoms. The van der Waals surface area contributed by atoms with Crippen molar-refractivity contribution in [2.24, 2.45) is 4.99 Å². The first-order valence-corrected chi connectivity index (χ1v) is 8.99. The minimum absolute atomic E-state index is 0.0172. The van der Waals surface area contributed by atoms with Crippen LogP contribution in [0.1, 0.15) is 25.0 Å². The molecule has 0 atom stereocenters. The third-order valence-corrected chi connectivity index (χ3v) is 4.13. The molecule has 0 saturated carbocycles. The Labute approximate surface area is 179 Å². The van der Waals surface area contributed by atoms with Crippen molar-refractivity contribution in [1.82, 2.24) is 0 Å². The van der Waals surface area contributed by atoms with E-state index in [1.54, 1.807) is 0 Å². The summed E-state index contributed by atoms with van der Waals surface area (Å²) in [6.45, 7) is 2.39. The lowest BCUT2D eigenvalue weighted by molar-refractivity contribution is -0.384. The van der Waals surface area contributed by atoms with Crippen LogP contribution in [0.25, 0.3) is 6.08 Å². The van der Waals surface area contributed by atoms with Gasteiger partial charge >= 0.3 is 17.9 Å². The number of hydrogen-bond acceptors (Lipinski definition) is 9. The van der Waals surface area contributed by atoms with E-state index in [0.717, 1.165) is 6.07 Å². The highest BCUT2D eigenvalue weighted by Crippen LogP contribution is 2.31. The number of nitro benzene ring substituents is 1. The monoisotopic (exact) mass is 444 g/mol. The van der Waals surface area contributed by atoms with Gasteiger partial charge in [0.15, 0.2) is 5.70 Å². The summed E-state index contributed by atoms with van der Waals surface area (Å²) >= 11 is 6.06. The van der Waals surface area contributed by atoms with Crippen molar-refractivity contribution in [2.45, 2.75) is 13.8 Å². The minimum Gasteiger partial charge on any atom is -0.427 e. The Morgan fingerprint density at radius 3 is 2.48 bits per heavy atom. The van der Waals surface area contributed by atoms with Crippen molar-refractivity contribution in [3.8, 4) is 11.5 Å². The molecule has 158 valence electrons. The second kappa shape index (κ2) is 8.76. The smallest absolute Gasteiger partial charge is 0.363 e. The number of carbonyl (C=O) groups is 3. The van der Waals surface area contributed by atoms with Gasteiger partial charge in [0, 0.05) is 37.6 Å². The normalized spacial score (nSPS) is 14.1. The maximum Gasteiger partial charge on any atom is 0.363 e. The lowest BCUT2D eigenvalue weighted by Crippen LogP contribution is -2.07. The van der Waals surface area contributed by atoms with Crippen molar-refractivity contribution in [3.63, 3.8) is 0 Å². The molecular weight excluding hydrogens is 432 g/mol. The minimum atomic E-state index is -0.838. The molecule has 0 bridgehead atoms. The van der Waals surface area contributed by atoms with E-state index in [-0.39, 0.29) is 44.9 Å². The zero-order valence-electron chi connectivity index (χ0n) is 16.1. The van der Waals surface area contributed by atoms with Crippen LogP contribution in [0.5, 0.6) is 11.5 Å². The van der Waals surface area contributed by atoms with Gasteiger partial charge in [-0.05, 0) is 24.3 Å². The van der Waals surface area contributed by atoms with Gasteiger partial charge in [-0.15, -0.1) is 0 Å². The van der Waals surface area contributed by atoms with Gasteiger partial charge in [0.2, 0.25) is 5.90 Å². The second-order valence-electron chi connectivity index (χ2n) is 6.14. The predicted octanol–water partition coefficient (Wildman–Crippen LogP) is 3.44. The van der Waals surface area contributed by atoms with E-state index in [1.165, 1.54) is 50.3 Å². The molecule has 0 aromatic heterocycles. The third-order valence-electron chi connectivity index (χ3n) is 3.80. The molecule has 0 radical (unpaired) electrons. The fraction of sp³-hybridized carbons (Fsp3) is 0.100. The van der Waals surface area contributed by atoms with Crippen molar-refractivity contribution < 1.29 is 33.5 Å². The molecule has 0 spiro atoms. The highest BCUT2D eigenvalue weighted by atomic mass is 35.5. The van der Waals surface area contributed by atoms with E-state index in [2.05, 4.69) is 4.99 Å². The Kier molecular flexibility index (Phi) is 6.12. The van der Waals surface area contributed by atoms with Gasteiger partial charge in [-0.25, -0.2) is 9.79 Å². The fourth-order valence-electron chi connectivity index (χ4n) is 2.57. The van der Waals surface area contributed by atoms with Gasteiger partial charge in [-0.1, -0.05) is 11.6 Å². The van der Waals surface area contributed by atoms with Crippen LogP contribution in [0.3, 0.4) is 0 Å². The standard InChI is InChI=1S/C20H13ClN2O8/c1-10(24)29-14-5-3-12(18(9-14)30-11(2)25)7-17-20(26)31-19(22-17)15-8-13(23(27)28)4-6-16(15)21/h3-9H,1-2H3/b17-7-. The molecule has 1 aliphatic heterocycles. The summed E-state index contributed by atoms with van der Waals surface area (Å²) in [5.41, 5.74) is -0.0776. The number of rotatable bonds is 5. The number of benzene rings is 2. The van der Waals surface area contributed by atoms with Crippen LogP contribution in [0, 0.1) is 10.1 Å². The Bertz CT molecular complexity index is 1190. The van der Waals surface area contributed by atoms with Crippen molar-refractivity contribution >= 4 is 47.2 Å². The first kappa shape index (κ1) is 21.7. The highest BCUT2D eigenvalue weighted by molar-refractivity contribution is 6.34. The number of hydrogen-bond donors (Lipinski definition) is 0. The summed E-state index contributed by atoms with van der Waals surface area (Å²) < 4.78 is 15.2. The number of ether oxygens (including phenoxy) is 3. The van der Waals surface area contributed by atoms with Crippen LogP contribution in [0.2, 0.25) is 5.02 Å². The molecule has 31 heavy (non-hydrogen) atoms. The first-order chi connectivity index (χ1) is 14.6. The topological polar surface area (TPSA) is 134 Å². The maximum absolute atomic E-state index is 12.3. The molecule has 2 aromatic carbocycles. The van der Waals surface area contributed by atoms with Crippen molar-refractivity contribution in [1.29, 1.82) is 0 Å². The van der Waals surface area contributed by atoms with Crippen LogP contribution in [0.4, 0.5) is 5.69 Å². The first-order valence-electron chi connectivity index (χ1n) is 8.62. The van der Waals surface area contributed by atoms with Crippen LogP contribution in [-0.2, 0) is 19.1 Å². The predicted molar refractivity (Wildman–Crippen MR) is 108 cm³/mol. The van der Waals surface area contributed by atoms with E-state index in [1.807, 2.05) is 0 Å². The van der Waals surface area contributed by atoms with Crippen LogP contribution >= 0.6 is 11.6 Å². The Balaban J connectivity index is 2.02. The quantitative estimate of drug-likeness (QED) is 0.225. The van der Waals surface area contributed by atoms with Gasteiger partial charge in [0.05, 0.1) is 15.5 Å². The maximum atomic E-state index is 12.3. The van der Waals surface area contributed by atoms with Crippen LogP contribution in [0.15, 0.2) is 47.1 Å². The number of halogens is 1. The lowest BCUT2D eigenvalue weighted by atomic mass is 10.1. The number of nitro groups is 1. The zero-order chi connectivity index (χ0) is 22.7. The molecule has 1 aliphatic rings. The number of non-ortho nitro benzene ring substituents is 1. The van der Waals surface area contributed by atoms with Gasteiger partial charge in [0.1, 0.15) is 11.5 Å². The molecule has 0 unspecified atom stereocenters. The Hall–Kier alpha value is -4.05. The summed E-state index contributed by atoms with van der Waals surface area (Å²) in [4.78, 5) is 49.3. The van der Waals surface area contributed by atoms with E-state index in [0.29, 0.717) is 0 Å². The third kappa shape index (κ3) is 5.11. The second-order valence-corrected chi connectivity index (χ2v) is 6.55. The molecular formula is C20H13ClN2O8. The Morgan fingerprint density at radius 2 is 1.84 bits per heavy atom. The molecule has 0 amide bonds. The summed E-state index contributed by atoms with van der Waals surface area (Å²) in [5, 5.41) is 11.1. The number of aliphatic imine (C=N–C) groups is 1. The van der Waals surface area contributed by atoms with Crippen molar-refractivity contribution in [2.75, 3.05) is 0 Å². The zero-order valence-corrected chi connectivity index (χ0v) is 16.8. The van der Waals surface area contributed by atoms with Gasteiger partial charge in [-0.3, -0.25) is 19.7 Å². The van der Waals surface area contributed by atoms with E-state index in [4.69, 9.17) is 25.8 Å². The summed E-state index contributed by atoms with van der Waals surface area (Å²) in [6.07, 6.45) is 1.29. The molecule has 0 N–H and O–H groups in total. The number of carbonyl (C=O) groups excluding carboxylic acids is 3. The molecule has 0 aliphatic carbocycles. The average Bonchev–Trinajstić information content (AvgIpc) is 3.03. The van der Waals surface area contributed by atoms with E-state index in [9.17, 15) is 24.5 Å². The molecule has 3 rings (SSSR count). The molecule has 1 heterocycles. The lowest BCUT2D eigenvalue weighted by Gasteiger charge is -2.08. The molecule has 0 saturated heterocycles. The van der Waals surface area contributed by atoms with Gasteiger partial charge in [0.25, 0.3) is 5.69 Å². The SMILES string of the molecule is CC(=O)Oc1ccc(/C=C2\N=C(c3cc([N+](=O)[O-])ccc3Cl)OC2=O)c(OC(C)=O)c1. The summed E-state index contributed by atoms with van der Waals surface area (Å²) in [5.74, 6) is -2.11. The molecule has 2 aromatic rings. The summed E-state index contributed by atoms with van der Waals surface area (Å²) in [6, 6.07) is 7.82. The number of nitrogens with zero attached hydrogens (tertiary/aromatic N) is 2. The van der Waals surface area contributed by atoms with Gasteiger partial charge < -0.3 is 14.2 Å². The molecule has 10 nitrogen and oxygen atoms in total. The van der Waals surface area contributed by atoms with E-state index >= 15 is 0 Å². The largest absolute Gasteiger partial charge is 0.427 e. The van der Waals surface area contributed by atoms with Crippen LogP contribution in [-0.4, -0.2) is 28.7 Å². The van der Waals surface area contributed by atoms with Gasteiger partial charge in [-0.2, -0.15) is 0 Å². The number of esters is 3. The fourth-order valence-corrected chi connectivity index (χ4v) is 2.77. The highest BCUT2D eigenvalue weighted by Gasteiger charge is 2.27. The average molecular weight is 445 g/mol. The van der Waals surface area contributed by atoms with E-state index < -0.39 is 22.8 Å².